The van der Waals surface area contributed by atoms with E-state index in [2.05, 4.69) is 15.9 Å². The van der Waals surface area contributed by atoms with Crippen molar-refractivity contribution in [2.45, 2.75) is 15.8 Å². The van der Waals surface area contributed by atoms with Crippen LogP contribution in [0.5, 0.6) is 0 Å². The summed E-state index contributed by atoms with van der Waals surface area (Å²) in [5, 5.41) is 9.00. The Bertz CT molecular complexity index is 517. The summed E-state index contributed by atoms with van der Waals surface area (Å²) in [5.74, 6) is 0. The Balaban J connectivity index is 3.50. The second kappa shape index (κ2) is 5.71. The van der Waals surface area contributed by atoms with Gasteiger partial charge in [0.2, 0.25) is 0 Å². The molecule has 0 aliphatic carbocycles. The number of thioether (sulfide) groups is 1. The second-order valence-corrected chi connectivity index (χ2v) is 7.25. The summed E-state index contributed by atoms with van der Waals surface area (Å²) < 4.78 is 24.1. The van der Waals surface area contributed by atoms with Gasteiger partial charge in [0.15, 0.2) is 9.84 Å². The van der Waals surface area contributed by atoms with Gasteiger partial charge in [-0.15, -0.1) is 11.8 Å². The highest BCUT2D eigenvalue weighted by atomic mass is 79.9. The number of aliphatic hydroxyl groups is 1. The topological polar surface area (TPSA) is 80.4 Å². The number of aliphatic hydroxyl groups excluding tert-OH is 1. The van der Waals surface area contributed by atoms with E-state index >= 15 is 0 Å². The molecule has 1 atom stereocenters. The Morgan fingerprint density at radius 2 is 2.12 bits per heavy atom. The quantitative estimate of drug-likeness (QED) is 0.814. The number of rotatable bonds is 4. The molecular formula is C10H14BrNO3S2. The molecule has 0 aromatic heterocycles. The zero-order valence-corrected chi connectivity index (χ0v) is 12.7. The standard InChI is InChI=1S/C10H14BrNO3S2/c1-16-10-7(11)3-6(8(12)5-13)4-9(10)17(2,14)15/h3-4,8,13H,5,12H2,1-2H3. The molecule has 17 heavy (non-hydrogen) atoms. The van der Waals surface area contributed by atoms with Gasteiger partial charge < -0.3 is 10.8 Å². The van der Waals surface area contributed by atoms with Crippen LogP contribution in [0.3, 0.4) is 0 Å². The zero-order chi connectivity index (χ0) is 13.2. The van der Waals surface area contributed by atoms with Gasteiger partial charge in [-0.25, -0.2) is 8.42 Å². The maximum atomic E-state index is 11.7. The molecule has 0 saturated carbocycles. The lowest BCUT2D eigenvalue weighted by atomic mass is 10.1. The lowest BCUT2D eigenvalue weighted by Gasteiger charge is -2.14. The highest BCUT2D eigenvalue weighted by Crippen LogP contribution is 2.34. The highest BCUT2D eigenvalue weighted by molar-refractivity contribution is 9.10. The number of nitrogens with two attached hydrogens (primary N) is 1. The fraction of sp³-hybridized carbons (Fsp3) is 0.400. The molecule has 7 heteroatoms. The molecule has 0 aliphatic rings. The van der Waals surface area contributed by atoms with Crippen molar-refractivity contribution < 1.29 is 13.5 Å². The number of benzene rings is 1. The van der Waals surface area contributed by atoms with Crippen molar-refractivity contribution in [2.75, 3.05) is 19.1 Å². The van der Waals surface area contributed by atoms with Crippen LogP contribution >= 0.6 is 27.7 Å². The van der Waals surface area contributed by atoms with E-state index in [1.807, 2.05) is 0 Å². The van der Waals surface area contributed by atoms with Gasteiger partial charge in [0.25, 0.3) is 0 Å². The minimum atomic E-state index is -3.32. The number of halogens is 1. The zero-order valence-electron chi connectivity index (χ0n) is 9.47. The SMILES string of the molecule is CSc1c(Br)cc(C(N)CO)cc1S(C)(=O)=O. The molecule has 1 aromatic rings. The van der Waals surface area contributed by atoms with Crippen LogP contribution in [-0.4, -0.2) is 32.6 Å². The summed E-state index contributed by atoms with van der Waals surface area (Å²) in [6.45, 7) is -0.228. The maximum Gasteiger partial charge on any atom is 0.176 e. The van der Waals surface area contributed by atoms with E-state index in [4.69, 9.17) is 10.8 Å². The van der Waals surface area contributed by atoms with E-state index in [1.165, 1.54) is 17.8 Å². The third kappa shape index (κ3) is 3.45. The molecule has 0 spiro atoms. The lowest BCUT2D eigenvalue weighted by molar-refractivity contribution is 0.268. The van der Waals surface area contributed by atoms with Crippen molar-refractivity contribution in [3.63, 3.8) is 0 Å². The summed E-state index contributed by atoms with van der Waals surface area (Å²) in [7, 11) is -3.32. The summed E-state index contributed by atoms with van der Waals surface area (Å²) in [4.78, 5) is 0.889. The molecule has 0 heterocycles. The van der Waals surface area contributed by atoms with Crippen LogP contribution in [0.1, 0.15) is 11.6 Å². The van der Waals surface area contributed by atoms with Crippen LogP contribution in [-0.2, 0) is 9.84 Å². The number of hydrogen-bond donors (Lipinski definition) is 2. The predicted octanol–water partition coefficient (Wildman–Crippen LogP) is 1.57. The van der Waals surface area contributed by atoms with Crippen molar-refractivity contribution in [1.82, 2.24) is 0 Å². The third-order valence-corrected chi connectivity index (χ3v) is 5.25. The largest absolute Gasteiger partial charge is 0.394 e. The van der Waals surface area contributed by atoms with Crippen molar-refractivity contribution in [2.24, 2.45) is 5.73 Å². The first-order valence-electron chi connectivity index (χ1n) is 4.75. The second-order valence-electron chi connectivity index (χ2n) is 3.60. The molecule has 0 amide bonds. The van der Waals surface area contributed by atoms with E-state index in [0.717, 1.165) is 6.26 Å². The van der Waals surface area contributed by atoms with E-state index in [1.54, 1.807) is 12.3 Å². The lowest BCUT2D eigenvalue weighted by Crippen LogP contribution is -2.15. The number of hydrogen-bond acceptors (Lipinski definition) is 5. The maximum absolute atomic E-state index is 11.7. The first-order chi connectivity index (χ1) is 7.81. The van der Waals surface area contributed by atoms with Crippen molar-refractivity contribution >= 4 is 37.5 Å². The molecule has 1 unspecified atom stereocenters. The minimum absolute atomic E-state index is 0.228. The average molecular weight is 340 g/mol. The molecule has 0 bridgehead atoms. The fourth-order valence-corrected chi connectivity index (χ4v) is 4.49. The van der Waals surface area contributed by atoms with Crippen molar-refractivity contribution in [3.8, 4) is 0 Å². The van der Waals surface area contributed by atoms with Gasteiger partial charge in [-0.2, -0.15) is 0 Å². The van der Waals surface area contributed by atoms with E-state index in [-0.39, 0.29) is 11.5 Å². The summed E-state index contributed by atoms with van der Waals surface area (Å²) >= 11 is 4.67. The third-order valence-electron chi connectivity index (χ3n) is 2.26. The van der Waals surface area contributed by atoms with Gasteiger partial charge in [-0.1, -0.05) is 0 Å². The molecule has 0 saturated heterocycles. The van der Waals surface area contributed by atoms with Gasteiger partial charge in [-0.05, 0) is 39.9 Å². The molecule has 3 N–H and O–H groups in total. The monoisotopic (exact) mass is 339 g/mol. The Morgan fingerprint density at radius 1 is 1.53 bits per heavy atom. The van der Waals surface area contributed by atoms with Gasteiger partial charge >= 0.3 is 0 Å². The normalized spacial score (nSPS) is 13.7. The Labute approximate surface area is 114 Å². The average Bonchev–Trinajstić information content (AvgIpc) is 2.25. The van der Waals surface area contributed by atoms with E-state index < -0.39 is 15.9 Å². The van der Waals surface area contributed by atoms with Crippen molar-refractivity contribution in [3.05, 3.63) is 22.2 Å². The molecule has 1 rings (SSSR count). The van der Waals surface area contributed by atoms with Crippen LogP contribution in [0.2, 0.25) is 0 Å². The Hall–Kier alpha value is -0.0800. The van der Waals surface area contributed by atoms with Crippen LogP contribution < -0.4 is 5.73 Å². The summed E-state index contributed by atoms with van der Waals surface area (Å²) in [6.07, 6.45) is 2.96. The van der Waals surface area contributed by atoms with Crippen molar-refractivity contribution in [1.29, 1.82) is 0 Å². The van der Waals surface area contributed by atoms with Gasteiger partial charge in [0.05, 0.1) is 17.5 Å². The Kier molecular flexibility index (Phi) is 5.03. The molecule has 0 aliphatic heterocycles. The van der Waals surface area contributed by atoms with Gasteiger partial charge in [0.1, 0.15) is 0 Å². The molecule has 1 aromatic carbocycles. The number of sulfone groups is 1. The van der Waals surface area contributed by atoms with Gasteiger partial charge in [-0.3, -0.25) is 0 Å². The smallest absolute Gasteiger partial charge is 0.176 e. The van der Waals surface area contributed by atoms with E-state index in [9.17, 15) is 8.42 Å². The van der Waals surface area contributed by atoms with Gasteiger partial charge in [0, 0.05) is 15.6 Å². The van der Waals surface area contributed by atoms with Crippen LogP contribution in [0.25, 0.3) is 0 Å². The highest BCUT2D eigenvalue weighted by Gasteiger charge is 2.18. The molecule has 0 radical (unpaired) electrons. The van der Waals surface area contributed by atoms with E-state index in [0.29, 0.717) is 14.9 Å². The first-order valence-corrected chi connectivity index (χ1v) is 8.66. The molecule has 0 fully saturated rings. The summed E-state index contributed by atoms with van der Waals surface area (Å²) in [6, 6.07) is 2.68. The minimum Gasteiger partial charge on any atom is -0.394 e. The predicted molar refractivity (Wildman–Crippen MR) is 73.0 cm³/mol. The molecule has 4 nitrogen and oxygen atoms in total. The Morgan fingerprint density at radius 3 is 2.53 bits per heavy atom. The first kappa shape index (κ1) is 15.0. The van der Waals surface area contributed by atoms with Crippen LogP contribution in [0.15, 0.2) is 26.4 Å². The van der Waals surface area contributed by atoms with Crippen LogP contribution in [0, 0.1) is 0 Å². The molecule has 96 valence electrons. The fourth-order valence-electron chi connectivity index (χ4n) is 1.38. The van der Waals surface area contributed by atoms with Crippen LogP contribution in [0.4, 0.5) is 0 Å². The molecular weight excluding hydrogens is 326 g/mol. The summed E-state index contributed by atoms with van der Waals surface area (Å²) in [5.41, 5.74) is 6.29.